The van der Waals surface area contributed by atoms with Gasteiger partial charge in [0.1, 0.15) is 5.75 Å². The molecule has 1 aromatic carbocycles. The normalized spacial score (nSPS) is 19.5. The van der Waals surface area contributed by atoms with Gasteiger partial charge in [-0.1, -0.05) is 12.1 Å². The van der Waals surface area contributed by atoms with Gasteiger partial charge in [-0.2, -0.15) is 8.78 Å². The van der Waals surface area contributed by atoms with Crippen molar-refractivity contribution >= 4 is 5.97 Å². The van der Waals surface area contributed by atoms with Gasteiger partial charge in [0.15, 0.2) is 0 Å². The van der Waals surface area contributed by atoms with E-state index in [2.05, 4.69) is 0 Å². The molecule has 2 rings (SSSR count). The number of carboxylic acid groups (broad SMARTS) is 1. The van der Waals surface area contributed by atoms with Crippen molar-refractivity contribution in [3.63, 3.8) is 0 Å². The molecule has 0 saturated heterocycles. The fourth-order valence-electron chi connectivity index (χ4n) is 2.16. The molecule has 1 unspecified atom stereocenters. The van der Waals surface area contributed by atoms with E-state index in [-0.39, 0.29) is 24.2 Å². The second-order valence-corrected chi connectivity index (χ2v) is 3.86. The zero-order chi connectivity index (χ0) is 11.9. The molecule has 1 aliphatic carbocycles. The first-order valence-electron chi connectivity index (χ1n) is 4.86. The third-order valence-electron chi connectivity index (χ3n) is 2.97. The highest BCUT2D eigenvalue weighted by molar-refractivity contribution is 5.77. The quantitative estimate of drug-likeness (QED) is 0.815. The van der Waals surface area contributed by atoms with Crippen LogP contribution in [0.3, 0.4) is 0 Å². The van der Waals surface area contributed by atoms with Crippen molar-refractivity contribution in [3.05, 3.63) is 29.3 Å². The summed E-state index contributed by atoms with van der Waals surface area (Å²) in [5, 5.41) is 17.9. The van der Waals surface area contributed by atoms with Gasteiger partial charge in [0.25, 0.3) is 0 Å². The molecule has 1 aromatic rings. The molecule has 3 nitrogen and oxygen atoms in total. The molecular formula is C11H10F2O3. The summed E-state index contributed by atoms with van der Waals surface area (Å²) in [4.78, 5) is 10.5. The number of carboxylic acids is 1. The molecule has 0 aliphatic heterocycles. The van der Waals surface area contributed by atoms with E-state index in [0.717, 1.165) is 0 Å². The summed E-state index contributed by atoms with van der Waals surface area (Å²) in [6.07, 6.45) is 0.335. The van der Waals surface area contributed by atoms with Crippen LogP contribution in [-0.4, -0.2) is 22.1 Å². The smallest absolute Gasteiger partial charge is 0.375 e. The third-order valence-corrected chi connectivity index (χ3v) is 2.97. The SMILES string of the molecule is O=C(O)C(F)(F)C1CCc2c(O)cccc21. The Morgan fingerprint density at radius 1 is 1.44 bits per heavy atom. The lowest BCUT2D eigenvalue weighted by atomic mass is 9.94. The van der Waals surface area contributed by atoms with Crippen molar-refractivity contribution in [2.24, 2.45) is 0 Å². The van der Waals surface area contributed by atoms with Gasteiger partial charge in [-0.3, -0.25) is 0 Å². The molecule has 0 amide bonds. The maximum atomic E-state index is 13.4. The lowest BCUT2D eigenvalue weighted by Crippen LogP contribution is -2.34. The number of benzene rings is 1. The van der Waals surface area contributed by atoms with Gasteiger partial charge in [-0.25, -0.2) is 4.79 Å². The fraction of sp³-hybridized carbons (Fsp3) is 0.364. The van der Waals surface area contributed by atoms with Gasteiger partial charge in [0.2, 0.25) is 0 Å². The topological polar surface area (TPSA) is 57.5 Å². The van der Waals surface area contributed by atoms with Crippen molar-refractivity contribution in [1.82, 2.24) is 0 Å². The number of fused-ring (bicyclic) bond motifs is 1. The summed E-state index contributed by atoms with van der Waals surface area (Å²) in [7, 11) is 0. The Labute approximate surface area is 90.3 Å². The zero-order valence-electron chi connectivity index (χ0n) is 8.28. The van der Waals surface area contributed by atoms with Gasteiger partial charge in [-0.05, 0) is 30.0 Å². The van der Waals surface area contributed by atoms with E-state index in [1.807, 2.05) is 0 Å². The molecular weight excluding hydrogens is 218 g/mol. The molecule has 1 aliphatic rings. The maximum absolute atomic E-state index is 13.4. The van der Waals surface area contributed by atoms with Crippen LogP contribution in [-0.2, 0) is 11.2 Å². The number of rotatable bonds is 2. The minimum atomic E-state index is -3.78. The summed E-state index contributed by atoms with van der Waals surface area (Å²) in [5.74, 6) is -7.28. The molecule has 0 heterocycles. The molecule has 86 valence electrons. The fourth-order valence-corrected chi connectivity index (χ4v) is 2.16. The molecule has 1 atom stereocenters. The highest BCUT2D eigenvalue weighted by Crippen LogP contribution is 2.45. The minimum Gasteiger partial charge on any atom is -0.508 e. The Balaban J connectivity index is 2.45. The van der Waals surface area contributed by atoms with E-state index in [9.17, 15) is 18.7 Å². The molecule has 0 radical (unpaired) electrons. The van der Waals surface area contributed by atoms with Crippen LogP contribution < -0.4 is 0 Å². The second-order valence-electron chi connectivity index (χ2n) is 3.86. The largest absolute Gasteiger partial charge is 0.508 e. The van der Waals surface area contributed by atoms with E-state index in [0.29, 0.717) is 5.56 Å². The van der Waals surface area contributed by atoms with Crippen molar-refractivity contribution in [1.29, 1.82) is 0 Å². The maximum Gasteiger partial charge on any atom is 0.375 e. The van der Waals surface area contributed by atoms with Crippen LogP contribution in [0.4, 0.5) is 8.78 Å². The first-order valence-corrected chi connectivity index (χ1v) is 4.86. The van der Waals surface area contributed by atoms with Gasteiger partial charge in [-0.15, -0.1) is 0 Å². The highest BCUT2D eigenvalue weighted by Gasteiger charge is 2.50. The molecule has 0 spiro atoms. The van der Waals surface area contributed by atoms with E-state index in [1.165, 1.54) is 18.2 Å². The van der Waals surface area contributed by atoms with E-state index in [4.69, 9.17) is 5.11 Å². The van der Waals surface area contributed by atoms with Crippen LogP contribution in [0.2, 0.25) is 0 Å². The van der Waals surface area contributed by atoms with E-state index < -0.39 is 17.8 Å². The Bertz CT molecular complexity index is 443. The number of halogens is 2. The molecule has 16 heavy (non-hydrogen) atoms. The van der Waals surface area contributed by atoms with E-state index >= 15 is 0 Å². The molecule has 0 aromatic heterocycles. The Morgan fingerprint density at radius 2 is 2.12 bits per heavy atom. The number of hydrogen-bond acceptors (Lipinski definition) is 2. The average molecular weight is 228 g/mol. The van der Waals surface area contributed by atoms with Gasteiger partial charge in [0, 0.05) is 0 Å². The Kier molecular flexibility index (Phi) is 2.33. The van der Waals surface area contributed by atoms with Crippen molar-refractivity contribution in [2.75, 3.05) is 0 Å². The number of aromatic hydroxyl groups is 1. The number of phenols is 1. The minimum absolute atomic E-state index is 0.0406. The Morgan fingerprint density at radius 3 is 2.75 bits per heavy atom. The number of alkyl halides is 2. The highest BCUT2D eigenvalue weighted by atomic mass is 19.3. The van der Waals surface area contributed by atoms with Gasteiger partial charge in [0.05, 0.1) is 5.92 Å². The average Bonchev–Trinajstić information content (AvgIpc) is 2.63. The molecule has 0 saturated carbocycles. The number of phenolic OH excluding ortho intramolecular Hbond substituents is 1. The number of aliphatic carboxylic acids is 1. The standard InChI is InChI=1S/C11H10F2O3/c12-11(13,10(15)16)8-5-4-7-6(8)2-1-3-9(7)14/h1-3,8,14H,4-5H2,(H,15,16). The first kappa shape index (κ1) is 10.9. The molecule has 0 bridgehead atoms. The summed E-state index contributed by atoms with van der Waals surface area (Å²) >= 11 is 0. The second kappa shape index (κ2) is 3.43. The predicted octanol–water partition coefficient (Wildman–Crippen LogP) is 2.14. The molecule has 5 heteroatoms. The van der Waals surface area contributed by atoms with Crippen LogP contribution in [0, 0.1) is 0 Å². The van der Waals surface area contributed by atoms with Crippen LogP contribution >= 0.6 is 0 Å². The predicted molar refractivity (Wildman–Crippen MR) is 51.8 cm³/mol. The zero-order valence-corrected chi connectivity index (χ0v) is 8.28. The number of carbonyl (C=O) groups is 1. The molecule has 2 N–H and O–H groups in total. The first-order chi connectivity index (χ1) is 7.44. The van der Waals surface area contributed by atoms with Crippen LogP contribution in [0.15, 0.2) is 18.2 Å². The third kappa shape index (κ3) is 1.43. The lowest BCUT2D eigenvalue weighted by molar-refractivity contribution is -0.168. The summed E-state index contributed by atoms with van der Waals surface area (Å²) in [6.45, 7) is 0. The summed E-state index contributed by atoms with van der Waals surface area (Å²) in [5.41, 5.74) is 0.681. The summed E-state index contributed by atoms with van der Waals surface area (Å²) < 4.78 is 26.8. The molecule has 0 fully saturated rings. The van der Waals surface area contributed by atoms with Gasteiger partial charge >= 0.3 is 11.9 Å². The lowest BCUT2D eigenvalue weighted by Gasteiger charge is -2.19. The van der Waals surface area contributed by atoms with Crippen LogP contribution in [0.1, 0.15) is 23.5 Å². The Hall–Kier alpha value is -1.65. The summed E-state index contributed by atoms with van der Waals surface area (Å²) in [6, 6.07) is 4.31. The monoisotopic (exact) mass is 228 g/mol. The van der Waals surface area contributed by atoms with Crippen molar-refractivity contribution < 1.29 is 23.8 Å². The van der Waals surface area contributed by atoms with Crippen molar-refractivity contribution in [3.8, 4) is 5.75 Å². The van der Waals surface area contributed by atoms with Crippen LogP contribution in [0.5, 0.6) is 5.75 Å². The van der Waals surface area contributed by atoms with E-state index in [1.54, 1.807) is 0 Å². The van der Waals surface area contributed by atoms with Crippen molar-refractivity contribution in [2.45, 2.75) is 24.7 Å². The van der Waals surface area contributed by atoms with Gasteiger partial charge < -0.3 is 10.2 Å². The van der Waals surface area contributed by atoms with Crippen LogP contribution in [0.25, 0.3) is 0 Å². The number of hydrogen-bond donors (Lipinski definition) is 2.